The van der Waals surface area contributed by atoms with Gasteiger partial charge in [0.25, 0.3) is 0 Å². The SMILES string of the molecule is Cc1ccccc1NC(=O)Nc1ccc(CC(=O)NC(CC(C)C)C2=NCC(CCC(=O)O)O2)cc1. The Labute approximate surface area is 211 Å². The second-order valence-corrected chi connectivity index (χ2v) is 9.37. The summed E-state index contributed by atoms with van der Waals surface area (Å²) in [7, 11) is 0. The number of nitrogens with zero attached hydrogens (tertiary/aromatic N) is 1. The fourth-order valence-corrected chi connectivity index (χ4v) is 3.89. The molecule has 36 heavy (non-hydrogen) atoms. The maximum atomic E-state index is 12.8. The van der Waals surface area contributed by atoms with E-state index in [4.69, 9.17) is 9.84 Å². The van der Waals surface area contributed by atoms with Crippen molar-refractivity contribution in [1.29, 1.82) is 0 Å². The van der Waals surface area contributed by atoms with Gasteiger partial charge >= 0.3 is 12.0 Å². The standard InChI is InChI=1S/C27H34N4O5/c1-17(2)14-23(26-28-16-21(36-26)12-13-25(33)34)30-24(32)15-19-8-10-20(11-9-19)29-27(35)31-22-7-5-4-6-18(22)3/h4-11,17,21,23H,12-16H2,1-3H3,(H,30,32)(H,33,34)(H2,29,31,35). The summed E-state index contributed by atoms with van der Waals surface area (Å²) in [4.78, 5) is 40.3. The van der Waals surface area contributed by atoms with E-state index in [0.29, 0.717) is 36.9 Å². The highest BCUT2D eigenvalue weighted by Crippen LogP contribution is 2.18. The average Bonchev–Trinajstić information content (AvgIpc) is 3.29. The Hall–Kier alpha value is -3.88. The predicted molar refractivity (Wildman–Crippen MR) is 139 cm³/mol. The molecular formula is C27H34N4O5. The number of carbonyl (C=O) groups excluding carboxylic acids is 2. The van der Waals surface area contributed by atoms with Gasteiger partial charge in [0.1, 0.15) is 12.1 Å². The number of rotatable bonds is 11. The van der Waals surface area contributed by atoms with Crippen molar-refractivity contribution in [2.45, 2.75) is 58.6 Å². The predicted octanol–water partition coefficient (Wildman–Crippen LogP) is 4.37. The Kier molecular flexibility index (Phi) is 9.44. The lowest BCUT2D eigenvalue weighted by molar-refractivity contribution is -0.137. The molecule has 1 aliphatic heterocycles. The molecule has 0 radical (unpaired) electrons. The minimum Gasteiger partial charge on any atom is -0.481 e. The number of hydrogen-bond donors (Lipinski definition) is 4. The summed E-state index contributed by atoms with van der Waals surface area (Å²) >= 11 is 0. The van der Waals surface area contributed by atoms with E-state index >= 15 is 0 Å². The number of carbonyl (C=O) groups is 3. The number of para-hydroxylation sites is 1. The largest absolute Gasteiger partial charge is 0.481 e. The lowest BCUT2D eigenvalue weighted by Gasteiger charge is -2.21. The van der Waals surface area contributed by atoms with Gasteiger partial charge in [-0.25, -0.2) is 9.79 Å². The van der Waals surface area contributed by atoms with E-state index in [1.165, 1.54) is 0 Å². The number of hydrogen-bond acceptors (Lipinski definition) is 5. The van der Waals surface area contributed by atoms with Crippen LogP contribution in [0.3, 0.4) is 0 Å². The second-order valence-electron chi connectivity index (χ2n) is 9.37. The molecular weight excluding hydrogens is 460 g/mol. The molecule has 192 valence electrons. The van der Waals surface area contributed by atoms with Crippen molar-refractivity contribution in [2.75, 3.05) is 17.2 Å². The van der Waals surface area contributed by atoms with Gasteiger partial charge in [0.05, 0.1) is 13.0 Å². The van der Waals surface area contributed by atoms with Gasteiger partial charge in [-0.2, -0.15) is 0 Å². The Morgan fingerprint density at radius 2 is 1.81 bits per heavy atom. The number of benzene rings is 2. The van der Waals surface area contributed by atoms with Crippen molar-refractivity contribution in [3.8, 4) is 0 Å². The summed E-state index contributed by atoms with van der Waals surface area (Å²) in [5.74, 6) is -0.270. The number of carboxylic acids is 1. The molecule has 0 aromatic heterocycles. The van der Waals surface area contributed by atoms with Crippen molar-refractivity contribution >= 4 is 35.2 Å². The van der Waals surface area contributed by atoms with Crippen molar-refractivity contribution in [1.82, 2.24) is 5.32 Å². The molecule has 9 heteroatoms. The summed E-state index contributed by atoms with van der Waals surface area (Å²) in [6, 6.07) is 13.9. The third-order valence-corrected chi connectivity index (χ3v) is 5.73. The molecule has 0 saturated heterocycles. The number of carboxylic acid groups (broad SMARTS) is 1. The molecule has 4 N–H and O–H groups in total. The minimum atomic E-state index is -0.868. The van der Waals surface area contributed by atoms with Crippen molar-refractivity contribution in [3.05, 3.63) is 59.7 Å². The number of aliphatic carboxylic acids is 1. The van der Waals surface area contributed by atoms with Gasteiger partial charge in [0.15, 0.2) is 0 Å². The molecule has 2 unspecified atom stereocenters. The van der Waals surface area contributed by atoms with E-state index in [0.717, 1.165) is 16.8 Å². The third kappa shape index (κ3) is 8.41. The quantitative estimate of drug-likeness (QED) is 0.369. The van der Waals surface area contributed by atoms with Gasteiger partial charge in [-0.05, 0) is 55.0 Å². The lowest BCUT2D eigenvalue weighted by Crippen LogP contribution is -2.43. The molecule has 3 amide bonds. The van der Waals surface area contributed by atoms with Crippen LogP contribution in [0.1, 0.15) is 44.2 Å². The van der Waals surface area contributed by atoms with Gasteiger partial charge in [-0.3, -0.25) is 9.59 Å². The summed E-state index contributed by atoms with van der Waals surface area (Å²) < 4.78 is 5.85. The van der Waals surface area contributed by atoms with Gasteiger partial charge in [-0.15, -0.1) is 0 Å². The first kappa shape index (κ1) is 26.7. The van der Waals surface area contributed by atoms with Crippen LogP contribution in [0.25, 0.3) is 0 Å². The van der Waals surface area contributed by atoms with Gasteiger partial charge in [0, 0.05) is 17.8 Å². The summed E-state index contributed by atoms with van der Waals surface area (Å²) in [6.07, 6.45) is 0.960. The van der Waals surface area contributed by atoms with Crippen LogP contribution in [0.4, 0.5) is 16.2 Å². The molecule has 0 spiro atoms. The van der Waals surface area contributed by atoms with Crippen LogP contribution < -0.4 is 16.0 Å². The zero-order chi connectivity index (χ0) is 26.1. The molecule has 0 aliphatic carbocycles. The maximum absolute atomic E-state index is 12.8. The van der Waals surface area contributed by atoms with Gasteiger partial charge in [0.2, 0.25) is 11.8 Å². The Bertz CT molecular complexity index is 1100. The Morgan fingerprint density at radius 3 is 2.47 bits per heavy atom. The molecule has 2 aromatic rings. The molecule has 1 aliphatic rings. The average molecular weight is 495 g/mol. The molecule has 1 heterocycles. The van der Waals surface area contributed by atoms with Crippen molar-refractivity contribution in [2.24, 2.45) is 10.9 Å². The van der Waals surface area contributed by atoms with E-state index in [1.807, 2.05) is 31.2 Å². The monoisotopic (exact) mass is 494 g/mol. The fourth-order valence-electron chi connectivity index (χ4n) is 3.89. The number of nitrogens with one attached hydrogen (secondary N) is 3. The third-order valence-electron chi connectivity index (χ3n) is 5.73. The van der Waals surface area contributed by atoms with Crippen LogP contribution in [0, 0.1) is 12.8 Å². The van der Waals surface area contributed by atoms with Gasteiger partial charge in [-0.1, -0.05) is 44.2 Å². The van der Waals surface area contributed by atoms with E-state index in [1.54, 1.807) is 24.3 Å². The number of amides is 3. The smallest absolute Gasteiger partial charge is 0.323 e. The topological polar surface area (TPSA) is 129 Å². The first-order valence-electron chi connectivity index (χ1n) is 12.1. The highest BCUT2D eigenvalue weighted by molar-refractivity contribution is 6.00. The highest BCUT2D eigenvalue weighted by Gasteiger charge is 2.28. The molecule has 9 nitrogen and oxygen atoms in total. The second kappa shape index (κ2) is 12.7. The highest BCUT2D eigenvalue weighted by atomic mass is 16.5. The molecule has 0 fully saturated rings. The molecule has 3 rings (SSSR count). The zero-order valence-corrected chi connectivity index (χ0v) is 20.9. The van der Waals surface area contributed by atoms with Crippen LogP contribution in [0.5, 0.6) is 0 Å². The molecule has 0 saturated carbocycles. The van der Waals surface area contributed by atoms with Crippen LogP contribution in [-0.4, -0.2) is 47.6 Å². The summed E-state index contributed by atoms with van der Waals surface area (Å²) in [5.41, 5.74) is 3.12. The van der Waals surface area contributed by atoms with E-state index < -0.39 is 5.97 Å². The maximum Gasteiger partial charge on any atom is 0.323 e. The number of aryl methyl sites for hydroxylation is 1. The minimum absolute atomic E-state index is 0.0209. The van der Waals surface area contributed by atoms with Crippen molar-refractivity contribution < 1.29 is 24.2 Å². The number of urea groups is 1. The number of ether oxygens (including phenoxy) is 1. The summed E-state index contributed by atoms with van der Waals surface area (Å²) in [5, 5.41) is 17.5. The van der Waals surface area contributed by atoms with Crippen LogP contribution in [-0.2, 0) is 20.7 Å². The molecule has 2 atom stereocenters. The van der Waals surface area contributed by atoms with Crippen LogP contribution in [0.15, 0.2) is 53.5 Å². The van der Waals surface area contributed by atoms with Gasteiger partial charge < -0.3 is 25.8 Å². The summed E-state index contributed by atoms with van der Waals surface area (Å²) in [6.45, 7) is 6.43. The number of anilines is 2. The fraction of sp³-hybridized carbons (Fsp3) is 0.407. The van der Waals surface area contributed by atoms with Crippen LogP contribution >= 0.6 is 0 Å². The van der Waals surface area contributed by atoms with E-state index in [2.05, 4.69) is 34.8 Å². The normalized spacial score (nSPS) is 15.6. The lowest BCUT2D eigenvalue weighted by atomic mass is 10.0. The molecule has 0 bridgehead atoms. The first-order valence-corrected chi connectivity index (χ1v) is 12.1. The van der Waals surface area contributed by atoms with E-state index in [-0.39, 0.29) is 36.9 Å². The first-order chi connectivity index (χ1) is 17.2. The number of aliphatic imine (C=N–C) groups is 1. The Morgan fingerprint density at radius 1 is 1.08 bits per heavy atom. The Balaban J connectivity index is 1.52. The van der Waals surface area contributed by atoms with Crippen LogP contribution in [0.2, 0.25) is 0 Å². The zero-order valence-electron chi connectivity index (χ0n) is 20.9. The van der Waals surface area contributed by atoms with E-state index in [9.17, 15) is 14.4 Å². The molecule has 2 aromatic carbocycles. The van der Waals surface area contributed by atoms with Crippen molar-refractivity contribution in [3.63, 3.8) is 0 Å².